The summed E-state index contributed by atoms with van der Waals surface area (Å²) in [5.41, 5.74) is -0.968. The number of nitrogens with zero attached hydrogens (tertiary/aromatic N) is 5. The number of methoxy groups -OCH3 is 2. The van der Waals surface area contributed by atoms with Gasteiger partial charge in [-0.25, -0.2) is 19.2 Å². The van der Waals surface area contributed by atoms with E-state index < -0.39 is 113 Å². The van der Waals surface area contributed by atoms with Gasteiger partial charge in [0.25, 0.3) is 11.1 Å². The number of allylic oxidation sites excluding steroid dienone is 3. The van der Waals surface area contributed by atoms with E-state index in [1.165, 1.54) is 98.9 Å². The number of hydrogen-bond donors (Lipinski definition) is 4. The van der Waals surface area contributed by atoms with Crippen molar-refractivity contribution in [2.24, 2.45) is 5.92 Å². The summed E-state index contributed by atoms with van der Waals surface area (Å²) >= 11 is 8.94. The van der Waals surface area contributed by atoms with Crippen molar-refractivity contribution in [3.63, 3.8) is 0 Å². The van der Waals surface area contributed by atoms with Crippen molar-refractivity contribution in [1.82, 2.24) is 30.2 Å². The molecule has 94 heavy (non-hydrogen) atoms. The first kappa shape index (κ1) is 74.0. The van der Waals surface area contributed by atoms with E-state index in [4.69, 9.17) is 54.2 Å². The summed E-state index contributed by atoms with van der Waals surface area (Å²) in [6.07, 6.45) is 2.55. The van der Waals surface area contributed by atoms with Gasteiger partial charge in [0.15, 0.2) is 5.72 Å². The third kappa shape index (κ3) is 18.9. The molecule has 0 saturated carbocycles. The molecule has 4 N–H and O–H groups in total. The summed E-state index contributed by atoms with van der Waals surface area (Å²) in [6.45, 7) is 6.62. The molecule has 28 nitrogen and oxygen atoms in total. The van der Waals surface area contributed by atoms with Crippen LogP contribution in [0.4, 0.5) is 30.6 Å². The topological polar surface area (TPSA) is 330 Å². The van der Waals surface area contributed by atoms with Gasteiger partial charge >= 0.3 is 24.2 Å². The molecule has 7 rings (SSSR count). The van der Waals surface area contributed by atoms with E-state index in [0.717, 1.165) is 27.8 Å². The van der Waals surface area contributed by atoms with Gasteiger partial charge < -0.3 is 72.7 Å². The monoisotopic (exact) mass is 1370 g/mol. The van der Waals surface area contributed by atoms with Gasteiger partial charge in [0.1, 0.15) is 60.2 Å². The lowest BCUT2D eigenvalue weighted by Gasteiger charge is -2.42. The van der Waals surface area contributed by atoms with Crippen LogP contribution in [0.3, 0.4) is 0 Å². The predicted molar refractivity (Wildman–Crippen MR) is 346 cm³/mol. The normalized spacial score (nSPS) is 26.3. The van der Waals surface area contributed by atoms with Crippen LogP contribution in [0, 0.1) is 5.92 Å². The van der Waals surface area contributed by atoms with E-state index in [1.807, 2.05) is 13.0 Å². The summed E-state index contributed by atoms with van der Waals surface area (Å²) in [6, 6.07) is 6.65. The lowest BCUT2D eigenvalue weighted by atomic mass is 9.83. The lowest BCUT2D eigenvalue weighted by molar-refractivity contribution is -0.162. The third-order valence-corrected chi connectivity index (χ3v) is 19.1. The number of benzene rings is 2. The highest BCUT2D eigenvalue weighted by atomic mass is 35.5. The number of thioether (sulfide) groups is 2. The van der Waals surface area contributed by atoms with Crippen molar-refractivity contribution in [2.45, 2.75) is 120 Å². The summed E-state index contributed by atoms with van der Waals surface area (Å²) < 4.78 is 51.1. The van der Waals surface area contributed by atoms with Crippen molar-refractivity contribution in [3.8, 4) is 5.75 Å². The van der Waals surface area contributed by atoms with Crippen LogP contribution < -0.4 is 25.6 Å². The van der Waals surface area contributed by atoms with Crippen molar-refractivity contribution >= 4 is 106 Å². The number of halogens is 1. The van der Waals surface area contributed by atoms with Crippen molar-refractivity contribution in [1.29, 1.82) is 0 Å². The summed E-state index contributed by atoms with van der Waals surface area (Å²) in [4.78, 5) is 140. The fourth-order valence-corrected chi connectivity index (χ4v) is 12.6. The fraction of sp³-hybridized carbons (Fsp3) is 0.556. The minimum atomic E-state index is -1.91. The predicted octanol–water partition coefficient (Wildman–Crippen LogP) is 5.66. The molecule has 2 aromatic carbocycles. The van der Waals surface area contributed by atoms with E-state index in [9.17, 15) is 53.1 Å². The van der Waals surface area contributed by atoms with E-state index >= 15 is 0 Å². The number of imide groups is 1. The highest BCUT2D eigenvalue weighted by Crippen LogP contribution is 2.49. The van der Waals surface area contributed by atoms with E-state index in [-0.39, 0.29) is 106 Å². The molecule has 3 fully saturated rings. The first-order valence-electron chi connectivity index (χ1n) is 30.3. The minimum Gasteiger partial charge on any atom is -0.495 e. The number of alkyl carbamates (subject to hydrolysis) is 1. The number of amides is 9. The van der Waals surface area contributed by atoms with Crippen molar-refractivity contribution < 1.29 is 95.7 Å². The standard InChI is InChI=1S/C63H83ClN8O20S2/c1-36-14-12-16-48(85-10)63(83)32-46(90-59(80)67-63)37(2)54-62(4,92-54)49(31-51(74)71(8)44-28-40(26-36)29-45(84-9)53(44)64)91-57(78)38(3)70(7)50(73)19-25-94-61(82)69(6)23-22-68(5)60(81)88-33-39-17-18-43(66-58(79)89-41-15-13-24-86-35-87-34-41)42(27-39)55(76)65-20-21-72-52(75)30-47(93-11)56(72)77/h12-18,27-29,37-38,41,46-49,54,83H,19-26,30-35H2,1-11H3,(H,65,76)(H,66,79)(H,67,80)/b15-13+,16-12+,36-14+/t37-,38+,41?,46+,47?,48?,49+,54+,62+,63+/m1/s1. The number of anilines is 2. The summed E-state index contributed by atoms with van der Waals surface area (Å²) in [5.74, 6) is -3.59. The van der Waals surface area contributed by atoms with Gasteiger partial charge in [-0.15, -0.1) is 0 Å². The molecule has 0 aromatic heterocycles. The number of esters is 1. The Morgan fingerprint density at radius 1 is 0.979 bits per heavy atom. The average molecular weight is 1370 g/mol. The zero-order valence-corrected chi connectivity index (χ0v) is 56.8. The van der Waals surface area contributed by atoms with Crippen molar-refractivity contribution in [3.05, 3.63) is 88.0 Å². The second kappa shape index (κ2) is 33.3. The molecule has 31 heteroatoms. The first-order valence-corrected chi connectivity index (χ1v) is 32.9. The van der Waals surface area contributed by atoms with E-state index in [2.05, 4.69) is 16.0 Å². The largest absolute Gasteiger partial charge is 0.495 e. The van der Waals surface area contributed by atoms with Gasteiger partial charge in [-0.3, -0.25) is 44.3 Å². The van der Waals surface area contributed by atoms with Gasteiger partial charge in [0, 0.05) is 92.4 Å². The van der Waals surface area contributed by atoms with Gasteiger partial charge in [0.05, 0.1) is 55.0 Å². The number of aliphatic hydroxyl groups is 1. The number of rotatable bonds is 20. The molecular formula is C63H83ClN8O20S2. The van der Waals surface area contributed by atoms with Crippen LogP contribution in [0.5, 0.6) is 5.75 Å². The number of epoxide rings is 1. The maximum Gasteiger partial charge on any atom is 0.412 e. The van der Waals surface area contributed by atoms with Gasteiger partial charge in [-0.05, 0) is 74.9 Å². The maximum absolute atomic E-state index is 14.4. The molecule has 3 unspecified atom stereocenters. The van der Waals surface area contributed by atoms with Crippen LogP contribution in [0.25, 0.3) is 0 Å². The Morgan fingerprint density at radius 3 is 2.44 bits per heavy atom. The summed E-state index contributed by atoms with van der Waals surface area (Å²) in [7, 11) is 8.76. The zero-order valence-electron chi connectivity index (χ0n) is 54.4. The molecule has 5 aliphatic rings. The molecule has 2 aromatic rings. The second-order valence-electron chi connectivity index (χ2n) is 23.5. The summed E-state index contributed by atoms with van der Waals surface area (Å²) in [5, 5.41) is 18.9. The average Bonchev–Trinajstić information content (AvgIpc) is 1.57. The Hall–Kier alpha value is -7.45. The number of ether oxygens (including phenoxy) is 9. The SMILES string of the molecule is COc1cc2cc(c1Cl)N(C)C(=O)C[C@H](OC(=O)[C@H](C)N(C)C(=O)CCSC(=O)N(C)CCN(C)C(=O)OCc1ccc(NC(=O)OC3/C=C/COCOC3)c(C(=O)NCCN3C(=O)CC(SC)C3=O)c1)[C@]1(C)O[C@H]1[C@H](C)[C@@H]1C[C@@](O)(NC(=O)O1)C(OC)/C=C/C=C(\C)C2. The Bertz CT molecular complexity index is 3270. The highest BCUT2D eigenvalue weighted by Gasteiger charge is 2.64. The molecule has 4 bridgehead atoms. The Balaban J connectivity index is 0.928. The fourth-order valence-electron chi connectivity index (χ4n) is 10.8. The van der Waals surface area contributed by atoms with Crippen LogP contribution in [-0.4, -0.2) is 237 Å². The minimum absolute atomic E-state index is 0.00440. The van der Waals surface area contributed by atoms with Crippen LogP contribution in [-0.2, 0) is 74.9 Å². The number of carbonyl (C=O) groups is 10. The number of carbonyl (C=O) groups excluding carboxylic acids is 10. The number of nitrogens with one attached hydrogen (secondary N) is 3. The second-order valence-corrected chi connectivity index (χ2v) is 25.9. The molecule has 0 spiro atoms. The van der Waals surface area contributed by atoms with Crippen LogP contribution in [0.1, 0.15) is 74.9 Å². The van der Waals surface area contributed by atoms with Crippen LogP contribution in [0.2, 0.25) is 5.02 Å². The molecule has 0 radical (unpaired) electrons. The molecular weight excluding hydrogens is 1290 g/mol. The lowest BCUT2D eigenvalue weighted by Crippen LogP contribution is -2.63. The van der Waals surface area contributed by atoms with E-state index in [1.54, 1.807) is 56.5 Å². The Morgan fingerprint density at radius 2 is 1.72 bits per heavy atom. The molecule has 0 aliphatic carbocycles. The third-order valence-electron chi connectivity index (χ3n) is 16.8. The Kier molecular flexibility index (Phi) is 26.2. The quantitative estimate of drug-likeness (QED) is 0.0409. The van der Waals surface area contributed by atoms with Gasteiger partial charge in [0.2, 0.25) is 23.6 Å². The number of fused-ring (bicyclic) bond motifs is 5. The molecule has 5 aliphatic heterocycles. The van der Waals surface area contributed by atoms with Crippen LogP contribution >= 0.6 is 35.1 Å². The number of likely N-dealkylation sites (N-methyl/N-ethyl adjacent to an activating group) is 3. The van der Waals surface area contributed by atoms with Crippen LogP contribution in [0.15, 0.2) is 66.3 Å². The van der Waals surface area contributed by atoms with Gasteiger partial charge in [-0.1, -0.05) is 66.2 Å². The highest BCUT2D eigenvalue weighted by molar-refractivity contribution is 8.13. The molecule has 10 atom stereocenters. The smallest absolute Gasteiger partial charge is 0.412 e. The van der Waals surface area contributed by atoms with Gasteiger partial charge in [-0.2, -0.15) is 11.8 Å². The maximum atomic E-state index is 14.4. The molecule has 3 saturated heterocycles. The molecule has 5 heterocycles. The number of likely N-dealkylation sites (tertiary alicyclic amines) is 1. The number of hydrogen-bond acceptors (Lipinski definition) is 22. The molecule has 514 valence electrons. The Labute approximate surface area is 558 Å². The van der Waals surface area contributed by atoms with E-state index in [0.29, 0.717) is 23.4 Å². The van der Waals surface area contributed by atoms with Crippen molar-refractivity contribution in [2.75, 3.05) is 111 Å². The molecule has 9 amide bonds. The zero-order chi connectivity index (χ0) is 68.8. The first-order chi connectivity index (χ1) is 44.6.